The number of ether oxygens (including phenoxy) is 2. The van der Waals surface area contributed by atoms with Gasteiger partial charge in [0.2, 0.25) is 0 Å². The third-order valence-electron chi connectivity index (χ3n) is 2.77. The molecule has 1 unspecified atom stereocenters. The number of esters is 2. The van der Waals surface area contributed by atoms with Gasteiger partial charge in [0.25, 0.3) is 0 Å². The predicted octanol–water partition coefficient (Wildman–Crippen LogP) is 2.08. The third-order valence-corrected chi connectivity index (χ3v) is 2.77. The van der Waals surface area contributed by atoms with Crippen LogP contribution in [0.3, 0.4) is 0 Å². The second-order valence-electron chi connectivity index (χ2n) is 4.07. The van der Waals surface area contributed by atoms with Crippen LogP contribution in [0.1, 0.15) is 36.2 Å². The number of nitrogens with two attached hydrogens (primary N) is 1. The number of anilines is 1. The number of nitrogen functional groups attached to an aromatic ring is 1. The zero-order valence-electron chi connectivity index (χ0n) is 11.4. The minimum Gasteiger partial charge on any atom is -0.463 e. The summed E-state index contributed by atoms with van der Waals surface area (Å²) in [5.41, 5.74) is 7.25. The molecule has 5 heteroatoms. The van der Waals surface area contributed by atoms with E-state index in [0.29, 0.717) is 23.2 Å². The molecule has 0 aromatic heterocycles. The van der Waals surface area contributed by atoms with Crippen molar-refractivity contribution < 1.29 is 19.1 Å². The van der Waals surface area contributed by atoms with E-state index in [1.165, 1.54) is 0 Å². The first-order valence-corrected chi connectivity index (χ1v) is 6.23. The van der Waals surface area contributed by atoms with Crippen molar-refractivity contribution in [2.75, 3.05) is 12.3 Å². The van der Waals surface area contributed by atoms with Crippen LogP contribution in [-0.4, -0.2) is 24.6 Å². The van der Waals surface area contributed by atoms with E-state index in [2.05, 4.69) is 0 Å². The molecular formula is C14H19NO4. The highest BCUT2D eigenvalue weighted by Crippen LogP contribution is 2.17. The van der Waals surface area contributed by atoms with Crippen LogP contribution < -0.4 is 5.73 Å². The highest BCUT2D eigenvalue weighted by Gasteiger charge is 2.24. The minimum atomic E-state index is -0.881. The van der Waals surface area contributed by atoms with Gasteiger partial charge in [-0.25, -0.2) is 9.59 Å². The molecule has 0 amide bonds. The lowest BCUT2D eigenvalue weighted by Crippen LogP contribution is -2.29. The fourth-order valence-electron chi connectivity index (χ4n) is 1.60. The van der Waals surface area contributed by atoms with Gasteiger partial charge >= 0.3 is 11.9 Å². The molecule has 2 N–H and O–H groups in total. The summed E-state index contributed by atoms with van der Waals surface area (Å²) in [6, 6.07) is 4.99. The number of hydrogen-bond donors (Lipinski definition) is 1. The predicted molar refractivity (Wildman–Crippen MR) is 71.7 cm³/mol. The zero-order valence-corrected chi connectivity index (χ0v) is 11.4. The summed E-state index contributed by atoms with van der Waals surface area (Å²) < 4.78 is 10.0. The Balaban J connectivity index is 2.83. The van der Waals surface area contributed by atoms with Gasteiger partial charge in [-0.3, -0.25) is 0 Å². The quantitative estimate of drug-likeness (QED) is 0.651. The van der Waals surface area contributed by atoms with E-state index in [1.807, 2.05) is 0 Å². The maximum atomic E-state index is 12.0. The lowest BCUT2D eigenvalue weighted by atomic mass is 10.1. The van der Waals surface area contributed by atoms with Gasteiger partial charge in [0.1, 0.15) is 0 Å². The van der Waals surface area contributed by atoms with Gasteiger partial charge in [0.15, 0.2) is 6.10 Å². The molecule has 104 valence electrons. The fourth-order valence-corrected chi connectivity index (χ4v) is 1.60. The van der Waals surface area contributed by atoms with Crippen LogP contribution in [0.4, 0.5) is 5.69 Å². The standard InChI is InChI=1S/C14H19NO4/c1-4-12(14(17)18-5-2)19-13(16)10-7-6-8-11(15)9(10)3/h6-8,12H,4-5,15H2,1-3H3. The fraction of sp³-hybridized carbons (Fsp3) is 0.429. The Morgan fingerprint density at radius 2 is 2.00 bits per heavy atom. The second-order valence-corrected chi connectivity index (χ2v) is 4.07. The smallest absolute Gasteiger partial charge is 0.347 e. The summed E-state index contributed by atoms with van der Waals surface area (Å²) in [6.07, 6.45) is -0.514. The molecule has 0 aliphatic heterocycles. The van der Waals surface area contributed by atoms with E-state index >= 15 is 0 Å². The molecule has 0 aliphatic carbocycles. The van der Waals surface area contributed by atoms with E-state index < -0.39 is 18.0 Å². The lowest BCUT2D eigenvalue weighted by molar-refractivity contribution is -0.153. The average molecular weight is 265 g/mol. The summed E-state index contributed by atoms with van der Waals surface area (Å²) >= 11 is 0. The Morgan fingerprint density at radius 3 is 2.58 bits per heavy atom. The van der Waals surface area contributed by atoms with Crippen molar-refractivity contribution in [3.63, 3.8) is 0 Å². The Hall–Kier alpha value is -2.04. The monoisotopic (exact) mass is 265 g/mol. The first kappa shape index (κ1) is 15.0. The first-order valence-electron chi connectivity index (χ1n) is 6.23. The molecule has 1 rings (SSSR count). The molecule has 0 radical (unpaired) electrons. The molecule has 0 fully saturated rings. The lowest BCUT2D eigenvalue weighted by Gasteiger charge is -2.15. The number of carbonyl (C=O) groups excluding carboxylic acids is 2. The van der Waals surface area contributed by atoms with Gasteiger partial charge in [-0.05, 0) is 38.0 Å². The second kappa shape index (κ2) is 6.78. The van der Waals surface area contributed by atoms with Crippen molar-refractivity contribution in [1.82, 2.24) is 0 Å². The summed E-state index contributed by atoms with van der Waals surface area (Å²) in [7, 11) is 0. The maximum Gasteiger partial charge on any atom is 0.347 e. The molecule has 0 saturated heterocycles. The van der Waals surface area contributed by atoms with Crippen LogP contribution in [0.25, 0.3) is 0 Å². The highest BCUT2D eigenvalue weighted by atomic mass is 16.6. The van der Waals surface area contributed by atoms with Gasteiger partial charge < -0.3 is 15.2 Å². The van der Waals surface area contributed by atoms with Crippen LogP contribution in [0, 0.1) is 6.92 Å². The summed E-state index contributed by atoms with van der Waals surface area (Å²) in [6.45, 7) is 5.44. The van der Waals surface area contributed by atoms with Crippen molar-refractivity contribution in [3.8, 4) is 0 Å². The largest absolute Gasteiger partial charge is 0.463 e. The van der Waals surface area contributed by atoms with E-state index in [0.717, 1.165) is 0 Å². The highest BCUT2D eigenvalue weighted by molar-refractivity contribution is 5.94. The van der Waals surface area contributed by atoms with Crippen LogP contribution in [0.2, 0.25) is 0 Å². The van der Waals surface area contributed by atoms with Gasteiger partial charge in [0.05, 0.1) is 12.2 Å². The SMILES string of the molecule is CCOC(=O)C(CC)OC(=O)c1cccc(N)c1C. The third kappa shape index (κ3) is 3.71. The molecule has 0 heterocycles. The van der Waals surface area contributed by atoms with Crippen molar-refractivity contribution in [2.45, 2.75) is 33.3 Å². The molecular weight excluding hydrogens is 246 g/mol. The van der Waals surface area contributed by atoms with E-state index in [-0.39, 0.29) is 6.61 Å². The Bertz CT molecular complexity index is 471. The zero-order chi connectivity index (χ0) is 14.4. The molecule has 1 aromatic rings. The Kier molecular flexibility index (Phi) is 5.36. The Morgan fingerprint density at radius 1 is 1.32 bits per heavy atom. The molecule has 1 atom stereocenters. The molecule has 0 aliphatic rings. The molecule has 1 aromatic carbocycles. The molecule has 0 bridgehead atoms. The average Bonchev–Trinajstić information content (AvgIpc) is 2.39. The topological polar surface area (TPSA) is 78.6 Å². The van der Waals surface area contributed by atoms with E-state index in [1.54, 1.807) is 39.0 Å². The van der Waals surface area contributed by atoms with Crippen LogP contribution >= 0.6 is 0 Å². The summed E-state index contributed by atoms with van der Waals surface area (Å²) in [5.74, 6) is -1.09. The number of hydrogen-bond acceptors (Lipinski definition) is 5. The molecule has 0 spiro atoms. The summed E-state index contributed by atoms with van der Waals surface area (Å²) in [4.78, 5) is 23.6. The van der Waals surface area contributed by atoms with Crippen molar-refractivity contribution in [2.24, 2.45) is 0 Å². The van der Waals surface area contributed by atoms with E-state index in [9.17, 15) is 9.59 Å². The van der Waals surface area contributed by atoms with Gasteiger partial charge in [-0.1, -0.05) is 13.0 Å². The van der Waals surface area contributed by atoms with Gasteiger partial charge in [-0.2, -0.15) is 0 Å². The van der Waals surface area contributed by atoms with Crippen LogP contribution in [-0.2, 0) is 14.3 Å². The molecule has 0 saturated carbocycles. The van der Waals surface area contributed by atoms with Crippen molar-refractivity contribution >= 4 is 17.6 Å². The number of benzene rings is 1. The van der Waals surface area contributed by atoms with Crippen molar-refractivity contribution in [1.29, 1.82) is 0 Å². The summed E-state index contributed by atoms with van der Waals surface area (Å²) in [5, 5.41) is 0. The first-order chi connectivity index (χ1) is 9.01. The Labute approximate surface area is 112 Å². The molecule has 19 heavy (non-hydrogen) atoms. The van der Waals surface area contributed by atoms with Crippen LogP contribution in [0.5, 0.6) is 0 Å². The molecule has 5 nitrogen and oxygen atoms in total. The number of carbonyl (C=O) groups is 2. The number of rotatable bonds is 5. The van der Waals surface area contributed by atoms with Gasteiger partial charge in [-0.15, -0.1) is 0 Å². The van der Waals surface area contributed by atoms with Gasteiger partial charge in [0, 0.05) is 5.69 Å². The maximum absolute atomic E-state index is 12.0. The van der Waals surface area contributed by atoms with Crippen molar-refractivity contribution in [3.05, 3.63) is 29.3 Å². The van der Waals surface area contributed by atoms with Crippen LogP contribution in [0.15, 0.2) is 18.2 Å². The van der Waals surface area contributed by atoms with E-state index in [4.69, 9.17) is 15.2 Å². The normalized spacial score (nSPS) is 11.7. The minimum absolute atomic E-state index is 0.254.